The summed E-state index contributed by atoms with van der Waals surface area (Å²) in [5, 5.41) is 5.89. The van der Waals surface area contributed by atoms with Gasteiger partial charge >= 0.3 is 0 Å². The Balaban J connectivity index is 1.97. The monoisotopic (exact) mass is 367 g/mol. The molecule has 1 atom stereocenters. The van der Waals surface area contributed by atoms with E-state index >= 15 is 0 Å². The summed E-state index contributed by atoms with van der Waals surface area (Å²) in [6, 6.07) is 11.0. The van der Waals surface area contributed by atoms with Crippen LogP contribution in [0.2, 0.25) is 0 Å². The summed E-state index contributed by atoms with van der Waals surface area (Å²) in [5.41, 5.74) is 2.74. The number of methoxy groups -OCH3 is 1. The molecule has 114 valence electrons. The molecular weight excluding hydrogens is 346 g/mol. The van der Waals surface area contributed by atoms with E-state index < -0.39 is 0 Å². The minimum Gasteiger partial charge on any atom is -0.497 e. The largest absolute Gasteiger partial charge is 0.497 e. The van der Waals surface area contributed by atoms with Gasteiger partial charge in [0.05, 0.1) is 10.9 Å². The molecule has 1 heterocycles. The van der Waals surface area contributed by atoms with Gasteiger partial charge in [-0.2, -0.15) is 0 Å². The minimum atomic E-state index is 0.426. The maximum Gasteiger partial charge on any atom is 0.118 e. The van der Waals surface area contributed by atoms with Crippen molar-refractivity contribution >= 4 is 27.3 Å². The standard InChI is InChI=1S/C17H22BrNOS/c1-3-10-19-16(14-11-17(18)21-12-14)9-6-13-4-7-15(20-2)8-5-13/h4-5,7-8,11-12,16,19H,3,6,9-10H2,1-2H3. The second-order valence-electron chi connectivity index (χ2n) is 5.08. The van der Waals surface area contributed by atoms with Crippen molar-refractivity contribution in [3.8, 4) is 5.75 Å². The van der Waals surface area contributed by atoms with Gasteiger partial charge in [-0.05, 0) is 76.4 Å². The van der Waals surface area contributed by atoms with Crippen LogP contribution in [0.15, 0.2) is 39.5 Å². The Morgan fingerprint density at radius 3 is 2.62 bits per heavy atom. The number of nitrogens with one attached hydrogen (secondary N) is 1. The molecule has 0 fully saturated rings. The fourth-order valence-electron chi connectivity index (χ4n) is 2.31. The van der Waals surface area contributed by atoms with Crippen LogP contribution >= 0.6 is 27.3 Å². The molecule has 2 aromatic rings. The predicted molar refractivity (Wildman–Crippen MR) is 94.4 cm³/mol. The maximum atomic E-state index is 5.20. The van der Waals surface area contributed by atoms with Crippen LogP contribution in [0.25, 0.3) is 0 Å². The lowest BCUT2D eigenvalue weighted by molar-refractivity contribution is 0.414. The number of hydrogen-bond donors (Lipinski definition) is 1. The molecule has 4 heteroatoms. The molecule has 0 bridgehead atoms. The number of ether oxygens (including phenoxy) is 1. The smallest absolute Gasteiger partial charge is 0.118 e. The molecule has 1 unspecified atom stereocenters. The lowest BCUT2D eigenvalue weighted by Crippen LogP contribution is -2.22. The molecule has 0 aliphatic rings. The second kappa shape index (κ2) is 8.57. The quantitative estimate of drug-likeness (QED) is 0.692. The first-order valence-electron chi connectivity index (χ1n) is 7.33. The number of halogens is 1. The summed E-state index contributed by atoms with van der Waals surface area (Å²) in [7, 11) is 1.70. The Kier molecular flexibility index (Phi) is 6.74. The Hall–Kier alpha value is -0.840. The molecule has 0 saturated carbocycles. The van der Waals surface area contributed by atoms with Crippen molar-refractivity contribution in [3.05, 3.63) is 50.6 Å². The molecule has 0 amide bonds. The Morgan fingerprint density at radius 1 is 1.29 bits per heavy atom. The van der Waals surface area contributed by atoms with E-state index in [0.29, 0.717) is 6.04 Å². The molecule has 2 nitrogen and oxygen atoms in total. The highest BCUT2D eigenvalue weighted by Crippen LogP contribution is 2.28. The van der Waals surface area contributed by atoms with Crippen LogP contribution in [0.4, 0.5) is 0 Å². The molecule has 21 heavy (non-hydrogen) atoms. The Morgan fingerprint density at radius 2 is 2.05 bits per heavy atom. The normalized spacial score (nSPS) is 12.3. The predicted octanol–water partition coefficient (Wildman–Crippen LogP) is 5.19. The summed E-state index contributed by atoms with van der Waals surface area (Å²) in [5.74, 6) is 0.918. The maximum absolute atomic E-state index is 5.20. The second-order valence-corrected chi connectivity index (χ2v) is 7.37. The summed E-state index contributed by atoms with van der Waals surface area (Å²) in [6.07, 6.45) is 3.33. The van der Waals surface area contributed by atoms with Gasteiger partial charge in [-0.3, -0.25) is 0 Å². The van der Waals surface area contributed by atoms with Crippen LogP contribution in [-0.4, -0.2) is 13.7 Å². The van der Waals surface area contributed by atoms with E-state index in [4.69, 9.17) is 4.74 Å². The zero-order valence-corrected chi connectivity index (χ0v) is 15.0. The average Bonchev–Trinajstić information content (AvgIpc) is 2.94. The van der Waals surface area contributed by atoms with Gasteiger partial charge in [0.2, 0.25) is 0 Å². The van der Waals surface area contributed by atoms with Gasteiger partial charge in [-0.1, -0.05) is 19.1 Å². The van der Waals surface area contributed by atoms with Crippen LogP contribution in [0.1, 0.15) is 36.9 Å². The third-order valence-corrected chi connectivity index (χ3v) is 5.03. The molecule has 1 N–H and O–H groups in total. The van der Waals surface area contributed by atoms with Gasteiger partial charge in [0.25, 0.3) is 0 Å². The SMILES string of the molecule is CCCNC(CCc1ccc(OC)cc1)c1csc(Br)c1. The van der Waals surface area contributed by atoms with Crippen LogP contribution in [0.5, 0.6) is 5.75 Å². The Labute approximate surface area is 139 Å². The van der Waals surface area contributed by atoms with Crippen molar-refractivity contribution in [2.45, 2.75) is 32.2 Å². The highest BCUT2D eigenvalue weighted by atomic mass is 79.9. The number of benzene rings is 1. The van der Waals surface area contributed by atoms with Gasteiger partial charge < -0.3 is 10.1 Å². The highest BCUT2D eigenvalue weighted by molar-refractivity contribution is 9.11. The Bertz CT molecular complexity index is 538. The first-order chi connectivity index (χ1) is 10.2. The van der Waals surface area contributed by atoms with E-state index in [0.717, 1.165) is 31.6 Å². The molecule has 0 spiro atoms. The summed E-state index contributed by atoms with van der Waals surface area (Å²) in [4.78, 5) is 0. The first-order valence-corrected chi connectivity index (χ1v) is 9.00. The van der Waals surface area contributed by atoms with Gasteiger partial charge in [-0.15, -0.1) is 11.3 Å². The summed E-state index contributed by atoms with van der Waals surface area (Å²) in [6.45, 7) is 3.26. The minimum absolute atomic E-state index is 0.426. The van der Waals surface area contributed by atoms with Crippen LogP contribution < -0.4 is 10.1 Å². The molecule has 0 aliphatic heterocycles. The zero-order chi connectivity index (χ0) is 15.1. The lowest BCUT2D eigenvalue weighted by atomic mass is 10.0. The fourth-order valence-corrected chi connectivity index (χ4v) is 3.54. The van der Waals surface area contributed by atoms with Crippen molar-refractivity contribution in [2.75, 3.05) is 13.7 Å². The molecule has 1 aromatic carbocycles. The van der Waals surface area contributed by atoms with E-state index in [1.165, 1.54) is 14.9 Å². The molecule has 0 aliphatic carbocycles. The van der Waals surface area contributed by atoms with Crippen molar-refractivity contribution in [1.29, 1.82) is 0 Å². The van der Waals surface area contributed by atoms with Crippen molar-refractivity contribution < 1.29 is 4.74 Å². The molecule has 0 radical (unpaired) electrons. The number of aryl methyl sites for hydroxylation is 1. The third-order valence-electron chi connectivity index (χ3n) is 3.51. The summed E-state index contributed by atoms with van der Waals surface area (Å²) < 4.78 is 6.40. The topological polar surface area (TPSA) is 21.3 Å². The molecular formula is C17H22BrNOS. The van der Waals surface area contributed by atoms with Crippen molar-refractivity contribution in [1.82, 2.24) is 5.32 Å². The number of rotatable bonds is 8. The van der Waals surface area contributed by atoms with Crippen molar-refractivity contribution in [2.24, 2.45) is 0 Å². The van der Waals surface area contributed by atoms with E-state index in [2.05, 4.69) is 51.7 Å². The molecule has 2 rings (SSSR count). The molecule has 0 saturated heterocycles. The average molecular weight is 368 g/mol. The molecule has 1 aromatic heterocycles. The lowest BCUT2D eigenvalue weighted by Gasteiger charge is -2.17. The van der Waals surface area contributed by atoms with Crippen molar-refractivity contribution in [3.63, 3.8) is 0 Å². The summed E-state index contributed by atoms with van der Waals surface area (Å²) >= 11 is 5.31. The van der Waals surface area contributed by atoms with E-state index in [9.17, 15) is 0 Å². The highest BCUT2D eigenvalue weighted by Gasteiger charge is 2.12. The van der Waals surface area contributed by atoms with E-state index in [-0.39, 0.29) is 0 Å². The zero-order valence-electron chi connectivity index (χ0n) is 12.6. The first kappa shape index (κ1) is 16.5. The van der Waals surface area contributed by atoms with Gasteiger partial charge in [0.1, 0.15) is 5.75 Å². The third kappa shape index (κ3) is 5.13. The fraction of sp³-hybridized carbons (Fsp3) is 0.412. The van der Waals surface area contributed by atoms with Crippen LogP contribution in [-0.2, 0) is 6.42 Å². The van der Waals surface area contributed by atoms with Gasteiger partial charge in [-0.25, -0.2) is 0 Å². The van der Waals surface area contributed by atoms with Gasteiger partial charge in [0, 0.05) is 6.04 Å². The van der Waals surface area contributed by atoms with E-state index in [1.54, 1.807) is 18.4 Å². The number of hydrogen-bond acceptors (Lipinski definition) is 3. The number of thiophene rings is 1. The van der Waals surface area contributed by atoms with E-state index in [1.807, 2.05) is 12.1 Å². The van der Waals surface area contributed by atoms with Gasteiger partial charge in [0.15, 0.2) is 0 Å². The van der Waals surface area contributed by atoms with Crippen LogP contribution in [0.3, 0.4) is 0 Å². The van der Waals surface area contributed by atoms with Crippen LogP contribution in [0, 0.1) is 0 Å².